The highest BCUT2D eigenvalue weighted by atomic mass is 16.3. The Labute approximate surface area is 193 Å². The highest BCUT2D eigenvalue weighted by molar-refractivity contribution is 5.11. The van der Waals surface area contributed by atoms with E-state index in [0.717, 1.165) is 55.8 Å². The second-order valence-corrected chi connectivity index (χ2v) is 13.6. The number of hydrogen-bond donors (Lipinski definition) is 2. The second kappa shape index (κ2) is 8.61. The predicted molar refractivity (Wildman–Crippen MR) is 130 cm³/mol. The van der Waals surface area contributed by atoms with E-state index in [9.17, 15) is 10.2 Å². The van der Waals surface area contributed by atoms with Crippen LogP contribution in [0.1, 0.15) is 119 Å². The van der Waals surface area contributed by atoms with Gasteiger partial charge in [-0.15, -0.1) is 0 Å². The van der Waals surface area contributed by atoms with E-state index in [1.807, 2.05) is 0 Å². The Hall–Kier alpha value is -0.0800. The van der Waals surface area contributed by atoms with Crippen molar-refractivity contribution in [3.63, 3.8) is 0 Å². The molecule has 4 aliphatic rings. The summed E-state index contributed by atoms with van der Waals surface area (Å²) in [6.07, 6.45) is 14.4. The van der Waals surface area contributed by atoms with Gasteiger partial charge < -0.3 is 10.2 Å². The zero-order chi connectivity index (χ0) is 22.6. The van der Waals surface area contributed by atoms with Gasteiger partial charge in [0.2, 0.25) is 0 Å². The van der Waals surface area contributed by atoms with Crippen molar-refractivity contribution in [3.05, 3.63) is 0 Å². The van der Waals surface area contributed by atoms with Crippen molar-refractivity contribution < 1.29 is 10.2 Å². The molecule has 0 radical (unpaired) electrons. The highest BCUT2D eigenvalue weighted by Gasteiger charge is 2.61. The number of aliphatic hydroxyl groups is 2. The average Bonchev–Trinajstić information content (AvgIpc) is 3.09. The monoisotopic (exact) mass is 432 g/mol. The molecule has 0 bridgehead atoms. The van der Waals surface area contributed by atoms with Crippen LogP contribution < -0.4 is 0 Å². The molecule has 0 aromatic heterocycles. The molecule has 0 amide bonds. The number of aliphatic hydroxyl groups excluding tert-OH is 1. The van der Waals surface area contributed by atoms with Gasteiger partial charge in [-0.1, -0.05) is 41.5 Å². The van der Waals surface area contributed by atoms with Crippen LogP contribution in [0.5, 0.6) is 0 Å². The average molecular weight is 433 g/mol. The van der Waals surface area contributed by atoms with Gasteiger partial charge >= 0.3 is 0 Å². The van der Waals surface area contributed by atoms with E-state index in [1.54, 1.807) is 0 Å². The lowest BCUT2D eigenvalue weighted by molar-refractivity contribution is -0.154. The molecule has 8 unspecified atom stereocenters. The number of rotatable bonds is 6. The maximum Gasteiger partial charge on any atom is 0.0648 e. The molecule has 0 spiro atoms. The topological polar surface area (TPSA) is 40.5 Å². The summed E-state index contributed by atoms with van der Waals surface area (Å²) >= 11 is 0. The molecule has 0 aromatic carbocycles. The van der Waals surface area contributed by atoms with E-state index in [0.29, 0.717) is 28.6 Å². The molecule has 180 valence electrons. The molecule has 0 aliphatic heterocycles. The fourth-order valence-electron chi connectivity index (χ4n) is 9.58. The van der Waals surface area contributed by atoms with Crippen LogP contribution in [-0.2, 0) is 0 Å². The van der Waals surface area contributed by atoms with E-state index in [4.69, 9.17) is 0 Å². The van der Waals surface area contributed by atoms with E-state index in [2.05, 4.69) is 41.5 Å². The summed E-state index contributed by atoms with van der Waals surface area (Å²) in [5.41, 5.74) is 0.494. The Bertz CT molecular complexity index is 630. The molecule has 0 saturated heterocycles. The first-order chi connectivity index (χ1) is 14.5. The van der Waals surface area contributed by atoms with E-state index >= 15 is 0 Å². The SMILES string of the molecule is CCC1(O)CCC2(C)C(CCC3C2CCC2(C)C3CCC2[C@H](C)[C@@H](O)CCC(C)C)C1. The van der Waals surface area contributed by atoms with Gasteiger partial charge in [-0.2, -0.15) is 0 Å². The predicted octanol–water partition coefficient (Wildman–Crippen LogP) is 7.22. The normalized spacial score (nSPS) is 49.3. The number of fused-ring (bicyclic) bond motifs is 5. The van der Waals surface area contributed by atoms with Gasteiger partial charge in [0.15, 0.2) is 0 Å². The largest absolute Gasteiger partial charge is 0.393 e. The second-order valence-electron chi connectivity index (χ2n) is 13.6. The van der Waals surface area contributed by atoms with Gasteiger partial charge in [0.05, 0.1) is 11.7 Å². The minimum absolute atomic E-state index is 0.126. The maximum absolute atomic E-state index is 11.0. The summed E-state index contributed by atoms with van der Waals surface area (Å²) in [6.45, 7) is 14.3. The Morgan fingerprint density at radius 2 is 1.55 bits per heavy atom. The molecule has 0 aromatic rings. The van der Waals surface area contributed by atoms with Crippen molar-refractivity contribution >= 4 is 0 Å². The molecule has 4 aliphatic carbocycles. The van der Waals surface area contributed by atoms with Gasteiger partial charge in [0, 0.05) is 0 Å². The van der Waals surface area contributed by atoms with Crippen LogP contribution in [0.4, 0.5) is 0 Å². The van der Waals surface area contributed by atoms with Crippen LogP contribution in [0, 0.1) is 52.3 Å². The summed E-state index contributed by atoms with van der Waals surface area (Å²) in [5.74, 6) is 5.16. The van der Waals surface area contributed by atoms with Gasteiger partial charge in [-0.05, 0) is 129 Å². The molecule has 4 rings (SSSR count). The third kappa shape index (κ3) is 4.05. The molecule has 10 atom stereocenters. The zero-order valence-electron chi connectivity index (χ0n) is 21.5. The first-order valence-corrected chi connectivity index (χ1v) is 13.9. The molecule has 2 nitrogen and oxygen atoms in total. The summed E-state index contributed by atoms with van der Waals surface area (Å²) in [7, 11) is 0. The van der Waals surface area contributed by atoms with Gasteiger partial charge in [-0.25, -0.2) is 0 Å². The third-order valence-corrected chi connectivity index (χ3v) is 11.8. The van der Waals surface area contributed by atoms with Crippen LogP contribution >= 0.6 is 0 Å². The van der Waals surface area contributed by atoms with E-state index < -0.39 is 0 Å². The van der Waals surface area contributed by atoms with Crippen LogP contribution in [0.3, 0.4) is 0 Å². The Morgan fingerprint density at radius 1 is 0.839 bits per heavy atom. The first-order valence-electron chi connectivity index (χ1n) is 13.9. The lowest BCUT2D eigenvalue weighted by atomic mass is 9.43. The van der Waals surface area contributed by atoms with Crippen molar-refractivity contribution in [2.45, 2.75) is 130 Å². The summed E-state index contributed by atoms with van der Waals surface area (Å²) in [6, 6.07) is 0. The third-order valence-electron chi connectivity index (χ3n) is 11.8. The lowest BCUT2D eigenvalue weighted by Gasteiger charge is -2.62. The van der Waals surface area contributed by atoms with Gasteiger partial charge in [-0.3, -0.25) is 0 Å². The van der Waals surface area contributed by atoms with Crippen molar-refractivity contribution in [3.8, 4) is 0 Å². The van der Waals surface area contributed by atoms with Crippen molar-refractivity contribution in [1.82, 2.24) is 0 Å². The highest BCUT2D eigenvalue weighted by Crippen LogP contribution is 2.69. The van der Waals surface area contributed by atoms with Gasteiger partial charge in [0.1, 0.15) is 0 Å². The van der Waals surface area contributed by atoms with Crippen LogP contribution in [-0.4, -0.2) is 21.9 Å². The molecular weight excluding hydrogens is 380 g/mol. The molecule has 2 N–H and O–H groups in total. The van der Waals surface area contributed by atoms with Crippen LogP contribution in [0.2, 0.25) is 0 Å². The summed E-state index contributed by atoms with van der Waals surface area (Å²) in [4.78, 5) is 0. The van der Waals surface area contributed by atoms with Crippen LogP contribution in [0.15, 0.2) is 0 Å². The fraction of sp³-hybridized carbons (Fsp3) is 1.00. The molecule has 4 saturated carbocycles. The molecule has 4 fully saturated rings. The standard InChI is InChI=1S/C29H52O2/c1-7-29(31)17-16-27(5)21(18-29)9-10-22-24-12-11-23(28(24,6)15-14-25(22)27)20(4)26(30)13-8-19(2)3/h19-26,30-31H,7-18H2,1-6H3/t20-,21?,22?,23?,24?,25?,26-,27?,28?,29?/m0/s1. The molecule has 0 heterocycles. The fourth-order valence-corrected chi connectivity index (χ4v) is 9.58. The minimum atomic E-state index is -0.389. The zero-order valence-corrected chi connectivity index (χ0v) is 21.5. The number of hydrogen-bond acceptors (Lipinski definition) is 2. The van der Waals surface area contributed by atoms with Gasteiger partial charge in [0.25, 0.3) is 0 Å². The van der Waals surface area contributed by atoms with E-state index in [1.165, 1.54) is 44.9 Å². The minimum Gasteiger partial charge on any atom is -0.393 e. The Kier molecular flexibility index (Phi) is 6.68. The molecule has 31 heavy (non-hydrogen) atoms. The van der Waals surface area contributed by atoms with Crippen molar-refractivity contribution in [1.29, 1.82) is 0 Å². The van der Waals surface area contributed by atoms with Crippen LogP contribution in [0.25, 0.3) is 0 Å². The quantitative estimate of drug-likeness (QED) is 0.465. The lowest BCUT2D eigenvalue weighted by Crippen LogP contribution is -2.56. The van der Waals surface area contributed by atoms with Crippen molar-refractivity contribution in [2.75, 3.05) is 0 Å². The summed E-state index contributed by atoms with van der Waals surface area (Å²) in [5, 5.41) is 22.0. The maximum atomic E-state index is 11.0. The molecule has 2 heteroatoms. The van der Waals surface area contributed by atoms with Crippen molar-refractivity contribution in [2.24, 2.45) is 52.3 Å². The van der Waals surface area contributed by atoms with E-state index in [-0.39, 0.29) is 11.7 Å². The Morgan fingerprint density at radius 3 is 2.23 bits per heavy atom. The first kappa shape index (κ1) is 24.1. The summed E-state index contributed by atoms with van der Waals surface area (Å²) < 4.78 is 0. The smallest absolute Gasteiger partial charge is 0.0648 e. The Balaban J connectivity index is 1.48. The molecular formula is C29H52O2.